The number of ether oxygens (including phenoxy) is 1. The molecule has 2 atom stereocenters. The van der Waals surface area contributed by atoms with Gasteiger partial charge in [-0.3, -0.25) is 9.59 Å². The molecule has 0 aromatic heterocycles. The predicted octanol–water partition coefficient (Wildman–Crippen LogP) is 6.27. The Bertz CT molecular complexity index is 1260. The highest BCUT2D eigenvalue weighted by molar-refractivity contribution is 6.30. The van der Waals surface area contributed by atoms with Crippen molar-refractivity contribution < 1.29 is 19.4 Å². The Morgan fingerprint density at radius 1 is 1.05 bits per heavy atom. The van der Waals surface area contributed by atoms with Gasteiger partial charge in [0.25, 0.3) is 5.91 Å². The van der Waals surface area contributed by atoms with Crippen molar-refractivity contribution in [2.24, 2.45) is 5.41 Å². The second-order valence-corrected chi connectivity index (χ2v) is 10.8. The molecule has 37 heavy (non-hydrogen) atoms. The summed E-state index contributed by atoms with van der Waals surface area (Å²) in [5, 5.41) is 10.0. The number of hydrogen-bond acceptors (Lipinski definition) is 4. The molecule has 2 unspecified atom stereocenters. The summed E-state index contributed by atoms with van der Waals surface area (Å²) >= 11 is 6.09. The van der Waals surface area contributed by atoms with Gasteiger partial charge in [0.15, 0.2) is 0 Å². The number of para-hydroxylation sites is 1. The zero-order valence-corrected chi connectivity index (χ0v) is 22.4. The van der Waals surface area contributed by atoms with E-state index >= 15 is 0 Å². The number of fused-ring (bicyclic) bond motifs is 1. The number of anilines is 2. The second kappa shape index (κ2) is 11.0. The third-order valence-electron chi connectivity index (χ3n) is 6.69. The Kier molecular flexibility index (Phi) is 7.90. The average Bonchev–Trinajstić information content (AvgIpc) is 2.88. The summed E-state index contributed by atoms with van der Waals surface area (Å²) in [6.07, 6.45) is 0.586. The summed E-state index contributed by atoms with van der Waals surface area (Å²) in [7, 11) is 0. The molecule has 0 saturated carbocycles. The Balaban J connectivity index is 1.62. The number of carbonyl (C=O) groups excluding carboxylic acids is 2. The van der Waals surface area contributed by atoms with E-state index in [-0.39, 0.29) is 35.9 Å². The zero-order valence-electron chi connectivity index (χ0n) is 21.6. The summed E-state index contributed by atoms with van der Waals surface area (Å²) in [4.78, 5) is 30.2. The molecule has 194 valence electrons. The van der Waals surface area contributed by atoms with Crippen LogP contribution in [-0.4, -0.2) is 36.2 Å². The number of carbonyl (C=O) groups is 2. The average molecular weight is 521 g/mol. The van der Waals surface area contributed by atoms with Crippen LogP contribution in [0, 0.1) is 5.41 Å². The summed E-state index contributed by atoms with van der Waals surface area (Å²) in [5.41, 5.74) is 2.68. The quantitative estimate of drug-likeness (QED) is 0.398. The normalized spacial score (nSPS) is 17.2. The molecule has 2 amide bonds. The molecule has 1 aliphatic heterocycles. The minimum absolute atomic E-state index is 0.0237. The molecular weight excluding hydrogens is 488 g/mol. The van der Waals surface area contributed by atoms with Crippen LogP contribution < -0.4 is 14.5 Å². The number of nitrogens with zero attached hydrogens (tertiary/aromatic N) is 2. The first-order valence-corrected chi connectivity index (χ1v) is 12.8. The molecule has 3 aromatic rings. The van der Waals surface area contributed by atoms with Gasteiger partial charge in [-0.25, -0.2) is 0 Å². The van der Waals surface area contributed by atoms with E-state index in [2.05, 4.69) is 0 Å². The molecule has 0 spiro atoms. The molecule has 1 heterocycles. The van der Waals surface area contributed by atoms with Crippen LogP contribution in [0.4, 0.5) is 11.4 Å². The van der Waals surface area contributed by atoms with Crippen LogP contribution in [0.3, 0.4) is 0 Å². The van der Waals surface area contributed by atoms with Crippen molar-refractivity contribution in [3.8, 4) is 5.75 Å². The van der Waals surface area contributed by atoms with Gasteiger partial charge in [-0.2, -0.15) is 0 Å². The monoisotopic (exact) mass is 520 g/mol. The highest BCUT2D eigenvalue weighted by atomic mass is 35.5. The number of aliphatic hydroxyl groups excluding tert-OH is 1. The molecule has 0 saturated heterocycles. The highest BCUT2D eigenvalue weighted by Gasteiger charge is 2.38. The molecular formula is C30H33ClN2O4. The maximum absolute atomic E-state index is 13.7. The van der Waals surface area contributed by atoms with Gasteiger partial charge >= 0.3 is 0 Å². The number of rotatable bonds is 7. The predicted molar refractivity (Wildman–Crippen MR) is 147 cm³/mol. The summed E-state index contributed by atoms with van der Waals surface area (Å²) in [6.45, 7) is 7.81. The number of aliphatic hydroxyl groups is 1. The summed E-state index contributed by atoms with van der Waals surface area (Å²) < 4.78 is 5.80. The van der Waals surface area contributed by atoms with Gasteiger partial charge in [0, 0.05) is 40.3 Å². The zero-order chi connectivity index (χ0) is 26.7. The fraction of sp³-hybridized carbons (Fsp3) is 0.333. The van der Waals surface area contributed by atoms with Crippen molar-refractivity contribution in [2.75, 3.05) is 23.0 Å². The number of halogens is 1. The number of hydrogen-bond donors (Lipinski definition) is 1. The SMILES string of the molecule is CC(=O)N(c1ccc(Cl)cc1)C1CC(C)N(C(=O)c2ccc(OCC(C)(C)CO)cc2)c2ccccc21. The molecule has 3 aromatic carbocycles. The maximum Gasteiger partial charge on any atom is 0.258 e. The van der Waals surface area contributed by atoms with Gasteiger partial charge in [0.1, 0.15) is 5.75 Å². The van der Waals surface area contributed by atoms with Crippen LogP contribution in [0.15, 0.2) is 72.8 Å². The standard InChI is InChI=1S/C30H33ClN2O4/c1-20-17-28(33(21(2)35)24-13-11-23(31)12-14-24)26-7-5-6-8-27(26)32(20)29(36)22-9-15-25(16-10-22)37-19-30(3,4)18-34/h5-16,20,28,34H,17-19H2,1-4H3. The first kappa shape index (κ1) is 26.7. The lowest BCUT2D eigenvalue weighted by atomic mass is 9.89. The molecule has 6 nitrogen and oxygen atoms in total. The van der Waals surface area contributed by atoms with E-state index in [0.29, 0.717) is 29.4 Å². The van der Waals surface area contributed by atoms with E-state index in [4.69, 9.17) is 16.3 Å². The molecule has 7 heteroatoms. The van der Waals surface area contributed by atoms with Crippen molar-refractivity contribution in [3.05, 3.63) is 88.9 Å². The Hall–Kier alpha value is -3.35. The van der Waals surface area contributed by atoms with Gasteiger partial charge in [-0.1, -0.05) is 43.6 Å². The fourth-order valence-corrected chi connectivity index (χ4v) is 4.80. The smallest absolute Gasteiger partial charge is 0.258 e. The van der Waals surface area contributed by atoms with E-state index in [9.17, 15) is 14.7 Å². The van der Waals surface area contributed by atoms with Crippen LogP contribution in [0.1, 0.15) is 56.1 Å². The maximum atomic E-state index is 13.7. The van der Waals surface area contributed by atoms with E-state index in [1.807, 2.05) is 62.1 Å². The van der Waals surface area contributed by atoms with Crippen molar-refractivity contribution in [1.29, 1.82) is 0 Å². The van der Waals surface area contributed by atoms with E-state index in [0.717, 1.165) is 16.9 Å². The highest BCUT2D eigenvalue weighted by Crippen LogP contribution is 2.43. The van der Waals surface area contributed by atoms with Gasteiger partial charge in [0.05, 0.1) is 19.3 Å². The van der Waals surface area contributed by atoms with E-state index in [1.165, 1.54) is 0 Å². The lowest BCUT2D eigenvalue weighted by molar-refractivity contribution is -0.117. The second-order valence-electron chi connectivity index (χ2n) is 10.3. The van der Waals surface area contributed by atoms with Gasteiger partial charge in [0.2, 0.25) is 5.91 Å². The van der Waals surface area contributed by atoms with Gasteiger partial charge in [-0.05, 0) is 73.5 Å². The Labute approximate surface area is 223 Å². The number of benzene rings is 3. The van der Waals surface area contributed by atoms with Crippen molar-refractivity contribution >= 4 is 34.8 Å². The molecule has 0 bridgehead atoms. The first-order chi connectivity index (χ1) is 17.6. The Morgan fingerprint density at radius 3 is 2.32 bits per heavy atom. The van der Waals surface area contributed by atoms with Gasteiger partial charge < -0.3 is 19.6 Å². The van der Waals surface area contributed by atoms with Crippen molar-refractivity contribution in [1.82, 2.24) is 0 Å². The van der Waals surface area contributed by atoms with Crippen LogP contribution in [-0.2, 0) is 4.79 Å². The van der Waals surface area contributed by atoms with E-state index < -0.39 is 0 Å². The minimum Gasteiger partial charge on any atom is -0.493 e. The first-order valence-electron chi connectivity index (χ1n) is 12.4. The van der Waals surface area contributed by atoms with Crippen LogP contribution in [0.5, 0.6) is 5.75 Å². The molecule has 1 N–H and O–H groups in total. The Morgan fingerprint density at radius 2 is 1.70 bits per heavy atom. The molecule has 1 aliphatic rings. The van der Waals surface area contributed by atoms with Gasteiger partial charge in [-0.15, -0.1) is 0 Å². The molecule has 4 rings (SSSR count). The fourth-order valence-electron chi connectivity index (χ4n) is 4.68. The van der Waals surface area contributed by atoms with Crippen molar-refractivity contribution in [2.45, 2.75) is 46.2 Å². The topological polar surface area (TPSA) is 70.1 Å². The minimum atomic E-state index is -0.349. The molecule has 0 radical (unpaired) electrons. The lowest BCUT2D eigenvalue weighted by Gasteiger charge is -2.43. The summed E-state index contributed by atoms with van der Waals surface area (Å²) in [5.74, 6) is 0.459. The third-order valence-corrected chi connectivity index (χ3v) is 6.95. The van der Waals surface area contributed by atoms with E-state index in [1.54, 1.807) is 48.2 Å². The largest absolute Gasteiger partial charge is 0.493 e. The summed E-state index contributed by atoms with van der Waals surface area (Å²) in [6, 6.07) is 21.7. The van der Waals surface area contributed by atoms with Crippen molar-refractivity contribution in [3.63, 3.8) is 0 Å². The van der Waals surface area contributed by atoms with Crippen LogP contribution in [0.2, 0.25) is 5.02 Å². The third kappa shape index (κ3) is 5.81. The molecule has 0 fully saturated rings. The molecule has 0 aliphatic carbocycles. The lowest BCUT2D eigenvalue weighted by Crippen LogP contribution is -2.47. The van der Waals surface area contributed by atoms with Crippen LogP contribution >= 0.6 is 11.6 Å². The number of amides is 2. The van der Waals surface area contributed by atoms with Crippen LogP contribution in [0.25, 0.3) is 0 Å².